The molecule has 4 rings (SSSR count). The van der Waals surface area contributed by atoms with Gasteiger partial charge in [-0.2, -0.15) is 0 Å². The van der Waals surface area contributed by atoms with Crippen molar-refractivity contribution in [3.8, 4) is 11.5 Å². The Bertz CT molecular complexity index is 1180. The van der Waals surface area contributed by atoms with Crippen LogP contribution in [0, 0.1) is 5.92 Å². The van der Waals surface area contributed by atoms with Gasteiger partial charge in [0, 0.05) is 38.8 Å². The fourth-order valence-corrected chi connectivity index (χ4v) is 4.18. The number of fused-ring (bicyclic) bond motifs is 1. The third-order valence-electron chi connectivity index (χ3n) is 6.15. The van der Waals surface area contributed by atoms with Crippen molar-refractivity contribution >= 4 is 12.0 Å². The van der Waals surface area contributed by atoms with E-state index in [4.69, 9.17) is 4.74 Å². The van der Waals surface area contributed by atoms with Crippen LogP contribution in [-0.2, 0) is 13.0 Å². The maximum Gasteiger partial charge on any atom is 0.270 e. The van der Waals surface area contributed by atoms with Crippen LogP contribution in [0.15, 0.2) is 48.7 Å². The van der Waals surface area contributed by atoms with Crippen LogP contribution in [0.2, 0.25) is 0 Å². The quantitative estimate of drug-likeness (QED) is 0.515. The average Bonchev–Trinajstić information content (AvgIpc) is 3.16. The molecule has 0 aliphatic carbocycles. The van der Waals surface area contributed by atoms with Crippen LogP contribution < -0.4 is 10.1 Å². The Morgan fingerprint density at radius 2 is 2.06 bits per heavy atom. The molecule has 3 aromatic rings. The van der Waals surface area contributed by atoms with Crippen molar-refractivity contribution in [2.45, 2.75) is 32.9 Å². The van der Waals surface area contributed by atoms with Gasteiger partial charge in [0.05, 0.1) is 13.2 Å². The van der Waals surface area contributed by atoms with Gasteiger partial charge in [-0.1, -0.05) is 38.1 Å². The van der Waals surface area contributed by atoms with Crippen molar-refractivity contribution in [1.29, 1.82) is 0 Å². The minimum Gasteiger partial charge on any atom is -0.504 e. The van der Waals surface area contributed by atoms with E-state index in [1.165, 1.54) is 0 Å². The highest BCUT2D eigenvalue weighted by atomic mass is 16.5. The van der Waals surface area contributed by atoms with Gasteiger partial charge in [0.25, 0.3) is 5.91 Å². The number of pyridine rings is 1. The Morgan fingerprint density at radius 1 is 1.20 bits per heavy atom. The lowest BCUT2D eigenvalue weighted by Crippen LogP contribution is -2.35. The van der Waals surface area contributed by atoms with Crippen LogP contribution in [0.3, 0.4) is 0 Å². The lowest BCUT2D eigenvalue weighted by atomic mass is 10.0. The Kier molecular flexibility index (Phi) is 7.77. The zero-order valence-electron chi connectivity index (χ0n) is 20.4. The van der Waals surface area contributed by atoms with E-state index in [9.17, 15) is 9.90 Å². The van der Waals surface area contributed by atoms with Crippen molar-refractivity contribution in [3.05, 3.63) is 71.6 Å². The molecule has 0 fully saturated rings. The minimum absolute atomic E-state index is 0.131. The number of amides is 1. The molecule has 1 amide bonds. The average molecular weight is 477 g/mol. The Hall–Kier alpha value is -3.72. The number of phenols is 1. The lowest BCUT2D eigenvalue weighted by molar-refractivity contribution is 0.0916. The third-order valence-corrected chi connectivity index (χ3v) is 6.15. The number of aromatic hydroxyl groups is 1. The van der Waals surface area contributed by atoms with Crippen molar-refractivity contribution in [3.63, 3.8) is 0 Å². The number of benzene rings is 1. The molecular formula is C26H32N6O3. The summed E-state index contributed by atoms with van der Waals surface area (Å²) < 4.78 is 7.33. The maximum absolute atomic E-state index is 12.8. The first-order valence-electron chi connectivity index (χ1n) is 11.9. The van der Waals surface area contributed by atoms with Gasteiger partial charge in [-0.05, 0) is 35.7 Å². The number of methoxy groups -OCH3 is 1. The molecule has 1 aromatic carbocycles. The van der Waals surface area contributed by atoms with Gasteiger partial charge in [0.1, 0.15) is 11.5 Å². The summed E-state index contributed by atoms with van der Waals surface area (Å²) in [5, 5.41) is 21.8. The zero-order valence-corrected chi connectivity index (χ0v) is 20.4. The van der Waals surface area contributed by atoms with Gasteiger partial charge in [0.2, 0.25) is 0 Å². The van der Waals surface area contributed by atoms with E-state index in [-0.39, 0.29) is 23.6 Å². The number of nitrogens with one attached hydrogen (secondary N) is 1. The summed E-state index contributed by atoms with van der Waals surface area (Å²) in [4.78, 5) is 19.3. The SMILES string of the molecule is COc1cc(/C=C/CN2CCc3nnc([C@H](NC(=O)c4ccccn4)C(C)C)n3CC2)ccc1O. The van der Waals surface area contributed by atoms with Gasteiger partial charge in [-0.25, -0.2) is 0 Å². The summed E-state index contributed by atoms with van der Waals surface area (Å²) in [5.41, 5.74) is 1.36. The van der Waals surface area contributed by atoms with Crippen molar-refractivity contribution in [2.75, 3.05) is 26.7 Å². The molecule has 1 atom stereocenters. The van der Waals surface area contributed by atoms with Crippen LogP contribution in [0.5, 0.6) is 11.5 Å². The van der Waals surface area contributed by atoms with Gasteiger partial charge in [-0.15, -0.1) is 10.2 Å². The molecule has 2 N–H and O–H groups in total. The molecule has 35 heavy (non-hydrogen) atoms. The van der Waals surface area contributed by atoms with Crippen LogP contribution in [0.25, 0.3) is 6.08 Å². The Labute approximate surface area is 205 Å². The van der Waals surface area contributed by atoms with Crippen molar-refractivity contribution < 1.29 is 14.6 Å². The Morgan fingerprint density at radius 3 is 2.80 bits per heavy atom. The molecule has 3 heterocycles. The monoisotopic (exact) mass is 476 g/mol. The van der Waals surface area contributed by atoms with E-state index in [1.54, 1.807) is 37.6 Å². The van der Waals surface area contributed by atoms with Crippen molar-refractivity contribution in [2.24, 2.45) is 5.92 Å². The number of carbonyl (C=O) groups is 1. The number of rotatable bonds is 8. The number of ether oxygens (including phenoxy) is 1. The van der Waals surface area contributed by atoms with Gasteiger partial charge < -0.3 is 19.7 Å². The number of carbonyl (C=O) groups excluding carboxylic acids is 1. The highest BCUT2D eigenvalue weighted by Gasteiger charge is 2.27. The second-order valence-corrected chi connectivity index (χ2v) is 8.92. The topological polar surface area (TPSA) is 105 Å². The van der Waals surface area contributed by atoms with E-state index in [0.29, 0.717) is 11.4 Å². The minimum atomic E-state index is -0.262. The van der Waals surface area contributed by atoms with Gasteiger partial charge in [0.15, 0.2) is 17.3 Å². The predicted octanol–water partition coefficient (Wildman–Crippen LogP) is 3.09. The van der Waals surface area contributed by atoms with Crippen LogP contribution >= 0.6 is 0 Å². The smallest absolute Gasteiger partial charge is 0.270 e. The van der Waals surface area contributed by atoms with E-state index in [2.05, 4.69) is 49.9 Å². The largest absolute Gasteiger partial charge is 0.504 e. The fourth-order valence-electron chi connectivity index (χ4n) is 4.18. The summed E-state index contributed by atoms with van der Waals surface area (Å²) in [6.45, 7) is 7.39. The number of hydrogen-bond acceptors (Lipinski definition) is 7. The summed E-state index contributed by atoms with van der Waals surface area (Å²) in [6, 6.07) is 10.3. The molecule has 0 saturated heterocycles. The van der Waals surface area contributed by atoms with E-state index >= 15 is 0 Å². The van der Waals surface area contributed by atoms with E-state index in [1.807, 2.05) is 18.2 Å². The lowest BCUT2D eigenvalue weighted by Gasteiger charge is -2.23. The van der Waals surface area contributed by atoms with Gasteiger partial charge >= 0.3 is 0 Å². The molecule has 9 heteroatoms. The van der Waals surface area contributed by atoms with Gasteiger partial charge in [-0.3, -0.25) is 14.7 Å². The first-order chi connectivity index (χ1) is 17.0. The second kappa shape index (κ2) is 11.1. The number of aromatic nitrogens is 4. The molecule has 1 aliphatic rings. The fraction of sp³-hybridized carbons (Fsp3) is 0.385. The predicted molar refractivity (Wildman–Crippen MR) is 133 cm³/mol. The highest BCUT2D eigenvalue weighted by Crippen LogP contribution is 2.27. The highest BCUT2D eigenvalue weighted by molar-refractivity contribution is 5.92. The molecule has 184 valence electrons. The number of hydrogen-bond donors (Lipinski definition) is 2. The number of nitrogens with zero attached hydrogens (tertiary/aromatic N) is 5. The Balaban J connectivity index is 1.41. The third kappa shape index (κ3) is 5.86. The zero-order chi connectivity index (χ0) is 24.8. The second-order valence-electron chi connectivity index (χ2n) is 8.92. The molecule has 0 radical (unpaired) electrons. The molecule has 0 unspecified atom stereocenters. The number of phenolic OH excluding ortho intramolecular Hbond substituents is 1. The summed E-state index contributed by atoms with van der Waals surface area (Å²) in [7, 11) is 1.54. The molecule has 0 spiro atoms. The van der Waals surface area contributed by atoms with Crippen molar-refractivity contribution in [1.82, 2.24) is 30.0 Å². The van der Waals surface area contributed by atoms with E-state index < -0.39 is 0 Å². The van der Waals surface area contributed by atoms with Crippen LogP contribution in [-0.4, -0.2) is 62.4 Å². The molecular weight excluding hydrogens is 444 g/mol. The first kappa shape index (κ1) is 24.4. The summed E-state index contributed by atoms with van der Waals surface area (Å²) in [6.07, 6.45) is 6.54. The summed E-state index contributed by atoms with van der Waals surface area (Å²) >= 11 is 0. The molecule has 0 bridgehead atoms. The molecule has 0 saturated carbocycles. The molecule has 2 aromatic heterocycles. The first-order valence-corrected chi connectivity index (χ1v) is 11.9. The van der Waals surface area contributed by atoms with Crippen LogP contribution in [0.1, 0.15) is 47.6 Å². The molecule has 1 aliphatic heterocycles. The van der Waals surface area contributed by atoms with E-state index in [0.717, 1.165) is 49.8 Å². The summed E-state index contributed by atoms with van der Waals surface area (Å²) in [5.74, 6) is 2.24. The van der Waals surface area contributed by atoms with Crippen LogP contribution in [0.4, 0.5) is 0 Å². The normalized spacial score (nSPS) is 15.1. The maximum atomic E-state index is 12.8. The molecule has 9 nitrogen and oxygen atoms in total. The standard InChI is InChI=1S/C26H32N6O3/c1-18(2)24(28-26(34)20-8-4-5-12-27-20)25-30-29-23-11-14-31(15-16-32(23)25)13-6-7-19-9-10-21(33)22(17-19)35-3/h4-10,12,17-18,24,33H,11,13-16H2,1-3H3,(H,28,34)/b7-6+/t24-/m1/s1.